The van der Waals surface area contributed by atoms with E-state index in [9.17, 15) is 13.2 Å². The zero-order chi connectivity index (χ0) is 19.9. The molecule has 1 aliphatic heterocycles. The molecule has 1 N–H and O–H groups in total. The second-order valence-corrected chi connectivity index (χ2v) is 8.53. The average molecular weight is 403 g/mol. The van der Waals surface area contributed by atoms with E-state index in [1.807, 2.05) is 24.3 Å². The zero-order valence-corrected chi connectivity index (χ0v) is 16.4. The first-order chi connectivity index (χ1) is 13.4. The molecule has 0 bridgehead atoms. The summed E-state index contributed by atoms with van der Waals surface area (Å²) in [5.41, 5.74) is 0.789. The van der Waals surface area contributed by atoms with Crippen molar-refractivity contribution < 1.29 is 13.2 Å². The van der Waals surface area contributed by atoms with Gasteiger partial charge in [-0.25, -0.2) is 13.5 Å². The molecule has 0 unspecified atom stereocenters. The standard InChI is InChI=1S/C18H21N5O4S/c1-13-19-20-18(24)16-11-14(12-23(13)16)28(25,26)22-9-7-21(8-10-22)15-5-3-4-6-17(15)27-2/h3-6,11-12H,7-10H2,1-2H3,(H,20,24). The maximum Gasteiger partial charge on any atom is 0.288 e. The molecule has 1 saturated heterocycles. The van der Waals surface area contributed by atoms with Gasteiger partial charge < -0.3 is 9.64 Å². The van der Waals surface area contributed by atoms with Crippen molar-refractivity contribution in [2.45, 2.75) is 11.8 Å². The molecular formula is C18H21N5O4S. The summed E-state index contributed by atoms with van der Waals surface area (Å²) < 4.78 is 34.5. The molecule has 0 radical (unpaired) electrons. The van der Waals surface area contributed by atoms with E-state index in [-0.39, 0.29) is 10.4 Å². The van der Waals surface area contributed by atoms with Gasteiger partial charge in [-0.3, -0.25) is 9.20 Å². The van der Waals surface area contributed by atoms with Crippen LogP contribution in [0.25, 0.3) is 5.52 Å². The van der Waals surface area contributed by atoms with E-state index >= 15 is 0 Å². The molecule has 0 spiro atoms. The van der Waals surface area contributed by atoms with E-state index in [0.29, 0.717) is 32.0 Å². The third-order valence-corrected chi connectivity index (χ3v) is 6.86. The fourth-order valence-electron chi connectivity index (χ4n) is 3.47. The van der Waals surface area contributed by atoms with Crippen molar-refractivity contribution in [3.63, 3.8) is 0 Å². The molecular weight excluding hydrogens is 382 g/mol. The minimum absolute atomic E-state index is 0.0971. The maximum absolute atomic E-state index is 13.1. The second kappa shape index (κ2) is 6.95. The van der Waals surface area contributed by atoms with Gasteiger partial charge >= 0.3 is 0 Å². The summed E-state index contributed by atoms with van der Waals surface area (Å²) in [6, 6.07) is 9.08. The summed E-state index contributed by atoms with van der Waals surface area (Å²) in [6.07, 6.45) is 1.45. The predicted octanol–water partition coefficient (Wildman–Crippen LogP) is 0.851. The lowest BCUT2D eigenvalue weighted by Gasteiger charge is -2.35. The van der Waals surface area contributed by atoms with Gasteiger partial charge in [-0.1, -0.05) is 12.1 Å². The van der Waals surface area contributed by atoms with E-state index in [4.69, 9.17) is 4.74 Å². The van der Waals surface area contributed by atoms with Gasteiger partial charge in [0.05, 0.1) is 12.8 Å². The molecule has 9 nitrogen and oxygen atoms in total. The van der Waals surface area contributed by atoms with Crippen molar-refractivity contribution >= 4 is 21.2 Å². The number of H-pyrrole nitrogens is 1. The van der Waals surface area contributed by atoms with Crippen molar-refractivity contribution in [1.82, 2.24) is 18.9 Å². The Bertz CT molecular complexity index is 1180. The minimum Gasteiger partial charge on any atom is -0.495 e. The number of benzene rings is 1. The number of fused-ring (bicyclic) bond motifs is 1. The molecule has 1 aromatic carbocycles. The molecule has 0 atom stereocenters. The van der Waals surface area contributed by atoms with Crippen LogP contribution in [-0.4, -0.2) is 60.6 Å². The average Bonchev–Trinajstić information content (AvgIpc) is 3.19. The summed E-state index contributed by atoms with van der Waals surface area (Å²) in [5.74, 6) is 1.27. The normalized spacial score (nSPS) is 15.9. The van der Waals surface area contributed by atoms with Crippen molar-refractivity contribution in [2.24, 2.45) is 0 Å². The van der Waals surface area contributed by atoms with E-state index in [1.165, 1.54) is 21.0 Å². The van der Waals surface area contributed by atoms with Crippen molar-refractivity contribution in [2.75, 3.05) is 38.2 Å². The summed E-state index contributed by atoms with van der Waals surface area (Å²) in [7, 11) is -2.08. The first-order valence-electron chi connectivity index (χ1n) is 8.87. The van der Waals surface area contributed by atoms with Crippen LogP contribution in [0.4, 0.5) is 5.69 Å². The van der Waals surface area contributed by atoms with Gasteiger partial charge in [0.1, 0.15) is 22.0 Å². The Morgan fingerprint density at radius 2 is 1.86 bits per heavy atom. The lowest BCUT2D eigenvalue weighted by Crippen LogP contribution is -2.48. The molecule has 3 aromatic rings. The quantitative estimate of drug-likeness (QED) is 0.693. The topological polar surface area (TPSA) is 100 Å². The maximum atomic E-state index is 13.1. The molecule has 1 aliphatic rings. The van der Waals surface area contributed by atoms with Gasteiger partial charge in [-0.15, -0.1) is 0 Å². The highest BCUT2D eigenvalue weighted by Crippen LogP contribution is 2.29. The molecule has 10 heteroatoms. The van der Waals surface area contributed by atoms with Crippen molar-refractivity contribution in [1.29, 1.82) is 0 Å². The second-order valence-electron chi connectivity index (χ2n) is 6.59. The van der Waals surface area contributed by atoms with E-state index in [1.54, 1.807) is 14.0 Å². The number of para-hydroxylation sites is 2. The Morgan fingerprint density at radius 1 is 1.14 bits per heavy atom. The number of aryl methyl sites for hydroxylation is 1. The number of aromatic nitrogens is 3. The van der Waals surface area contributed by atoms with Gasteiger partial charge in [0, 0.05) is 32.4 Å². The summed E-state index contributed by atoms with van der Waals surface area (Å²) in [4.78, 5) is 14.1. The molecule has 2 aromatic heterocycles. The van der Waals surface area contributed by atoms with Crippen LogP contribution >= 0.6 is 0 Å². The highest BCUT2D eigenvalue weighted by Gasteiger charge is 2.30. The number of nitrogens with zero attached hydrogens (tertiary/aromatic N) is 4. The third kappa shape index (κ3) is 3.04. The Morgan fingerprint density at radius 3 is 2.54 bits per heavy atom. The highest BCUT2D eigenvalue weighted by atomic mass is 32.2. The highest BCUT2D eigenvalue weighted by molar-refractivity contribution is 7.89. The van der Waals surface area contributed by atoms with E-state index in [0.717, 1.165) is 11.4 Å². The van der Waals surface area contributed by atoms with Gasteiger partial charge in [-0.2, -0.15) is 9.40 Å². The smallest absolute Gasteiger partial charge is 0.288 e. The van der Waals surface area contributed by atoms with Crippen LogP contribution < -0.4 is 15.2 Å². The largest absolute Gasteiger partial charge is 0.495 e. The van der Waals surface area contributed by atoms with Gasteiger partial charge in [-0.05, 0) is 25.1 Å². The molecule has 4 rings (SSSR count). The SMILES string of the molecule is COc1ccccc1N1CCN(S(=O)(=O)c2cc3c(=O)[nH]nc(C)n3c2)CC1. The Kier molecular flexibility index (Phi) is 4.60. The van der Waals surface area contributed by atoms with Crippen LogP contribution in [0.2, 0.25) is 0 Å². The number of methoxy groups -OCH3 is 1. The first kappa shape index (κ1) is 18.5. The van der Waals surface area contributed by atoms with Crippen molar-refractivity contribution in [3.8, 4) is 5.75 Å². The lowest BCUT2D eigenvalue weighted by molar-refractivity contribution is 0.378. The monoisotopic (exact) mass is 403 g/mol. The molecule has 148 valence electrons. The summed E-state index contributed by atoms with van der Waals surface area (Å²) >= 11 is 0. The molecule has 28 heavy (non-hydrogen) atoms. The Balaban J connectivity index is 1.58. The number of hydrogen-bond acceptors (Lipinski definition) is 6. The molecule has 0 aliphatic carbocycles. The van der Waals surface area contributed by atoms with Gasteiger partial charge in [0.25, 0.3) is 5.56 Å². The van der Waals surface area contributed by atoms with Crippen LogP contribution in [0.1, 0.15) is 5.82 Å². The van der Waals surface area contributed by atoms with Crippen LogP contribution in [0.5, 0.6) is 5.75 Å². The molecule has 3 heterocycles. The fourth-order valence-corrected chi connectivity index (χ4v) is 4.92. The Labute approximate surface area is 162 Å². The number of sulfonamides is 1. The first-order valence-corrected chi connectivity index (χ1v) is 10.3. The van der Waals surface area contributed by atoms with Crippen LogP contribution in [0.15, 0.2) is 46.2 Å². The number of rotatable bonds is 4. The third-order valence-electron chi connectivity index (χ3n) is 5.00. The summed E-state index contributed by atoms with van der Waals surface area (Å²) in [5, 5.41) is 6.24. The number of hydrogen-bond donors (Lipinski definition) is 1. The van der Waals surface area contributed by atoms with Crippen LogP contribution in [0, 0.1) is 6.92 Å². The number of aromatic amines is 1. The lowest BCUT2D eigenvalue weighted by atomic mass is 10.2. The molecule has 0 amide bonds. The number of ether oxygens (including phenoxy) is 1. The van der Waals surface area contributed by atoms with Crippen LogP contribution in [0.3, 0.4) is 0 Å². The van der Waals surface area contributed by atoms with E-state index in [2.05, 4.69) is 15.1 Å². The number of nitrogens with one attached hydrogen (secondary N) is 1. The Hall–Kier alpha value is -2.85. The molecule has 0 saturated carbocycles. The van der Waals surface area contributed by atoms with E-state index < -0.39 is 15.6 Å². The molecule has 1 fully saturated rings. The van der Waals surface area contributed by atoms with Crippen molar-refractivity contribution in [3.05, 3.63) is 52.7 Å². The summed E-state index contributed by atoms with van der Waals surface area (Å²) in [6.45, 7) is 3.49. The number of anilines is 1. The zero-order valence-electron chi connectivity index (χ0n) is 15.6. The predicted molar refractivity (Wildman–Crippen MR) is 105 cm³/mol. The fraction of sp³-hybridized carbons (Fsp3) is 0.333. The van der Waals surface area contributed by atoms with Gasteiger partial charge in [0.15, 0.2) is 0 Å². The number of piperazine rings is 1. The van der Waals surface area contributed by atoms with Gasteiger partial charge in [0.2, 0.25) is 10.0 Å². The minimum atomic E-state index is -3.70. The van der Waals surface area contributed by atoms with Crippen LogP contribution in [-0.2, 0) is 10.0 Å².